The van der Waals surface area contributed by atoms with Gasteiger partial charge in [-0.05, 0) is 38.7 Å². The topological polar surface area (TPSA) is 47.6 Å². The van der Waals surface area contributed by atoms with Crippen molar-refractivity contribution in [2.24, 2.45) is 0 Å². The van der Waals surface area contributed by atoms with Crippen LogP contribution >= 0.6 is 0 Å². The summed E-state index contributed by atoms with van der Waals surface area (Å²) in [7, 11) is 4.06. The summed E-state index contributed by atoms with van der Waals surface area (Å²) in [6.07, 6.45) is 0.976. The molecule has 1 aromatic rings. The van der Waals surface area contributed by atoms with Gasteiger partial charge >= 0.3 is 0 Å². The van der Waals surface area contributed by atoms with Crippen molar-refractivity contribution in [2.45, 2.75) is 13.3 Å². The van der Waals surface area contributed by atoms with E-state index in [2.05, 4.69) is 22.5 Å². The van der Waals surface area contributed by atoms with Crippen molar-refractivity contribution in [3.63, 3.8) is 0 Å². The summed E-state index contributed by atoms with van der Waals surface area (Å²) < 4.78 is 0. The van der Waals surface area contributed by atoms with Gasteiger partial charge in [-0.2, -0.15) is 0 Å². The molecule has 0 spiro atoms. The summed E-state index contributed by atoms with van der Waals surface area (Å²) >= 11 is 0. The van der Waals surface area contributed by atoms with Crippen LogP contribution in [0.25, 0.3) is 0 Å². The van der Waals surface area contributed by atoms with E-state index >= 15 is 0 Å². The number of anilines is 2. The fourth-order valence-electron chi connectivity index (χ4n) is 2.46. The summed E-state index contributed by atoms with van der Waals surface area (Å²) in [5.41, 5.74) is 2.86. The zero-order valence-electron chi connectivity index (χ0n) is 13.3. The third-order valence-electron chi connectivity index (χ3n) is 3.62. The molecule has 1 amide bonds. The fraction of sp³-hybridized carbons (Fsp3) is 0.562. The van der Waals surface area contributed by atoms with Gasteiger partial charge in [0.1, 0.15) is 0 Å². The van der Waals surface area contributed by atoms with E-state index in [1.807, 2.05) is 37.2 Å². The number of rotatable bonds is 6. The minimum absolute atomic E-state index is 0.119. The first-order chi connectivity index (χ1) is 10.1. The van der Waals surface area contributed by atoms with Crippen molar-refractivity contribution < 1.29 is 4.79 Å². The predicted octanol–water partition coefficient (Wildman–Crippen LogP) is 1.94. The highest BCUT2D eigenvalue weighted by atomic mass is 16.2. The van der Waals surface area contributed by atoms with Gasteiger partial charge in [-0.1, -0.05) is 6.92 Å². The zero-order valence-corrected chi connectivity index (χ0v) is 13.3. The SMILES string of the molecule is CCCN(CCN(C)C)C(=O)c1ccc2c(c1)NCCN2. The van der Waals surface area contributed by atoms with Gasteiger partial charge in [0.15, 0.2) is 0 Å². The Bertz CT molecular complexity index is 487. The first-order valence-corrected chi connectivity index (χ1v) is 7.67. The molecule has 1 heterocycles. The standard InChI is InChI=1S/C16H26N4O/c1-4-9-20(11-10-19(2)3)16(21)13-5-6-14-15(12-13)18-8-7-17-14/h5-6,12,17-18H,4,7-11H2,1-3H3. The number of hydrogen-bond acceptors (Lipinski definition) is 4. The number of benzene rings is 1. The van der Waals surface area contributed by atoms with Crippen LogP contribution in [-0.4, -0.2) is 62.5 Å². The summed E-state index contributed by atoms with van der Waals surface area (Å²) in [6, 6.07) is 5.87. The van der Waals surface area contributed by atoms with Crippen molar-refractivity contribution >= 4 is 17.3 Å². The third kappa shape index (κ3) is 4.11. The maximum absolute atomic E-state index is 12.7. The van der Waals surface area contributed by atoms with Gasteiger partial charge in [0, 0.05) is 38.3 Å². The van der Waals surface area contributed by atoms with Crippen LogP contribution in [-0.2, 0) is 0 Å². The van der Waals surface area contributed by atoms with Gasteiger partial charge in [0.05, 0.1) is 11.4 Å². The van der Waals surface area contributed by atoms with Crippen LogP contribution < -0.4 is 10.6 Å². The Hall–Kier alpha value is -1.75. The van der Waals surface area contributed by atoms with Crippen molar-refractivity contribution in [2.75, 3.05) is 57.5 Å². The molecule has 0 aromatic heterocycles. The average molecular weight is 290 g/mol. The maximum Gasteiger partial charge on any atom is 0.253 e. The van der Waals surface area contributed by atoms with Crippen LogP contribution in [0.5, 0.6) is 0 Å². The van der Waals surface area contributed by atoms with Crippen LogP contribution in [0, 0.1) is 0 Å². The molecule has 5 heteroatoms. The quantitative estimate of drug-likeness (QED) is 0.840. The minimum atomic E-state index is 0.119. The Kier molecular flexibility index (Phi) is 5.44. The van der Waals surface area contributed by atoms with Crippen LogP contribution in [0.3, 0.4) is 0 Å². The molecule has 0 bridgehead atoms. The van der Waals surface area contributed by atoms with Gasteiger partial charge in [0.2, 0.25) is 0 Å². The van der Waals surface area contributed by atoms with E-state index in [-0.39, 0.29) is 5.91 Å². The molecule has 1 aromatic carbocycles. The molecule has 1 aliphatic rings. The molecule has 21 heavy (non-hydrogen) atoms. The second-order valence-corrected chi connectivity index (χ2v) is 5.71. The van der Waals surface area contributed by atoms with Gasteiger partial charge < -0.3 is 20.4 Å². The first-order valence-electron chi connectivity index (χ1n) is 7.67. The molecule has 2 N–H and O–H groups in total. The second kappa shape index (κ2) is 7.31. The monoisotopic (exact) mass is 290 g/mol. The van der Waals surface area contributed by atoms with Crippen LogP contribution in [0.1, 0.15) is 23.7 Å². The number of nitrogens with zero attached hydrogens (tertiary/aromatic N) is 2. The van der Waals surface area contributed by atoms with Crippen LogP contribution in [0.15, 0.2) is 18.2 Å². The number of carbonyl (C=O) groups is 1. The maximum atomic E-state index is 12.7. The molecule has 0 atom stereocenters. The molecule has 0 aliphatic carbocycles. The lowest BCUT2D eigenvalue weighted by Gasteiger charge is -2.25. The molecular formula is C16H26N4O. The highest BCUT2D eigenvalue weighted by Gasteiger charge is 2.17. The van der Waals surface area contributed by atoms with Crippen molar-refractivity contribution in [1.29, 1.82) is 0 Å². The van der Waals surface area contributed by atoms with E-state index < -0.39 is 0 Å². The van der Waals surface area contributed by atoms with E-state index in [9.17, 15) is 4.79 Å². The van der Waals surface area contributed by atoms with Gasteiger partial charge in [-0.15, -0.1) is 0 Å². The molecule has 0 radical (unpaired) electrons. The number of nitrogens with one attached hydrogen (secondary N) is 2. The van der Waals surface area contributed by atoms with Crippen LogP contribution in [0.4, 0.5) is 11.4 Å². The van der Waals surface area contributed by atoms with E-state index in [1.165, 1.54) is 0 Å². The number of carbonyl (C=O) groups excluding carboxylic acids is 1. The average Bonchev–Trinajstić information content (AvgIpc) is 2.50. The summed E-state index contributed by atoms with van der Waals surface area (Å²) in [5.74, 6) is 0.119. The molecule has 5 nitrogen and oxygen atoms in total. The van der Waals surface area contributed by atoms with E-state index in [0.29, 0.717) is 0 Å². The molecule has 0 saturated carbocycles. The Labute approximate surface area is 127 Å². The molecule has 0 unspecified atom stereocenters. The van der Waals surface area contributed by atoms with Gasteiger partial charge in [0.25, 0.3) is 5.91 Å². The van der Waals surface area contributed by atoms with Crippen molar-refractivity contribution in [3.05, 3.63) is 23.8 Å². The fourth-order valence-corrected chi connectivity index (χ4v) is 2.46. The Balaban J connectivity index is 2.12. The van der Waals surface area contributed by atoms with Gasteiger partial charge in [-0.25, -0.2) is 0 Å². The number of hydrogen-bond donors (Lipinski definition) is 2. The molecule has 0 saturated heterocycles. The highest BCUT2D eigenvalue weighted by Crippen LogP contribution is 2.25. The molecular weight excluding hydrogens is 264 g/mol. The minimum Gasteiger partial charge on any atom is -0.382 e. The van der Waals surface area contributed by atoms with E-state index in [1.54, 1.807) is 0 Å². The lowest BCUT2D eigenvalue weighted by Crippen LogP contribution is -2.37. The number of likely N-dealkylation sites (N-methyl/N-ethyl adjacent to an activating group) is 1. The molecule has 1 aliphatic heterocycles. The summed E-state index contributed by atoms with van der Waals surface area (Å²) in [6.45, 7) is 6.37. The smallest absolute Gasteiger partial charge is 0.253 e. The van der Waals surface area contributed by atoms with Gasteiger partial charge in [-0.3, -0.25) is 4.79 Å². The Morgan fingerprint density at radius 3 is 2.48 bits per heavy atom. The van der Waals surface area contributed by atoms with Crippen molar-refractivity contribution in [3.8, 4) is 0 Å². The molecule has 2 rings (SSSR count). The Morgan fingerprint density at radius 2 is 1.81 bits per heavy atom. The normalized spacial score (nSPS) is 13.3. The predicted molar refractivity (Wildman–Crippen MR) is 88.2 cm³/mol. The van der Waals surface area contributed by atoms with E-state index in [0.717, 1.165) is 56.1 Å². The lowest BCUT2D eigenvalue weighted by atomic mass is 10.1. The largest absolute Gasteiger partial charge is 0.382 e. The van der Waals surface area contributed by atoms with Crippen molar-refractivity contribution in [1.82, 2.24) is 9.80 Å². The molecule has 0 fully saturated rings. The van der Waals surface area contributed by atoms with Crippen LogP contribution in [0.2, 0.25) is 0 Å². The number of fused-ring (bicyclic) bond motifs is 1. The number of amides is 1. The highest BCUT2D eigenvalue weighted by molar-refractivity contribution is 5.96. The third-order valence-corrected chi connectivity index (χ3v) is 3.62. The first kappa shape index (κ1) is 15.6. The summed E-state index contributed by atoms with van der Waals surface area (Å²) in [4.78, 5) is 16.7. The summed E-state index contributed by atoms with van der Waals surface area (Å²) in [5, 5.41) is 6.67. The lowest BCUT2D eigenvalue weighted by molar-refractivity contribution is 0.0745. The van der Waals surface area contributed by atoms with E-state index in [4.69, 9.17) is 0 Å². The second-order valence-electron chi connectivity index (χ2n) is 5.71. The molecule has 116 valence electrons. The Morgan fingerprint density at radius 1 is 1.10 bits per heavy atom. The zero-order chi connectivity index (χ0) is 15.2.